The maximum absolute atomic E-state index is 5.79. The minimum Gasteiger partial charge on any atom is -0.372 e. The van der Waals surface area contributed by atoms with E-state index in [4.69, 9.17) is 4.74 Å². The number of piperidine rings is 1. The van der Waals surface area contributed by atoms with Crippen LogP contribution in [-0.2, 0) is 4.74 Å². The second-order valence-electron chi connectivity index (χ2n) is 4.93. The van der Waals surface area contributed by atoms with Gasteiger partial charge in [0.2, 0.25) is 0 Å². The zero-order chi connectivity index (χ0) is 12.6. The molecule has 1 N–H and O–H groups in total. The molecule has 4 heteroatoms. The summed E-state index contributed by atoms with van der Waals surface area (Å²) in [4.78, 5) is 8.30. The zero-order valence-electron chi connectivity index (χ0n) is 11.1. The lowest BCUT2D eigenvalue weighted by Crippen LogP contribution is -2.34. The Hall–Kier alpha value is -1.00. The predicted octanol–water partition coefficient (Wildman–Crippen LogP) is 2.48. The molecule has 1 aromatic heterocycles. The van der Waals surface area contributed by atoms with Crippen LogP contribution in [0.4, 0.5) is 0 Å². The quantitative estimate of drug-likeness (QED) is 0.787. The van der Waals surface area contributed by atoms with Gasteiger partial charge >= 0.3 is 0 Å². The molecule has 18 heavy (non-hydrogen) atoms. The lowest BCUT2D eigenvalue weighted by molar-refractivity contribution is 0.0582. The van der Waals surface area contributed by atoms with Crippen LogP contribution < -0.4 is 5.32 Å². The summed E-state index contributed by atoms with van der Waals surface area (Å²) in [5.41, 5.74) is 0.910. The Labute approximate surface area is 109 Å². The molecule has 1 fully saturated rings. The fourth-order valence-corrected chi connectivity index (χ4v) is 2.37. The van der Waals surface area contributed by atoms with Gasteiger partial charge in [0.05, 0.1) is 18.0 Å². The molecular formula is C14H23N3O. The lowest BCUT2D eigenvalue weighted by Gasteiger charge is -2.23. The number of nitrogens with zero attached hydrogens (tertiary/aromatic N) is 2. The van der Waals surface area contributed by atoms with E-state index in [1.807, 2.05) is 6.92 Å². The summed E-state index contributed by atoms with van der Waals surface area (Å²) in [6.45, 7) is 4.01. The maximum atomic E-state index is 5.79. The van der Waals surface area contributed by atoms with Gasteiger partial charge < -0.3 is 10.1 Å². The number of ether oxygens (including phenoxy) is 1. The Morgan fingerprint density at radius 2 is 2.39 bits per heavy atom. The molecule has 0 radical (unpaired) electrons. The van der Waals surface area contributed by atoms with E-state index in [0.29, 0.717) is 6.04 Å². The van der Waals surface area contributed by atoms with Crippen molar-refractivity contribution in [2.24, 2.45) is 0 Å². The first-order valence-corrected chi connectivity index (χ1v) is 6.97. The molecule has 1 aromatic rings. The highest BCUT2D eigenvalue weighted by atomic mass is 16.5. The largest absolute Gasteiger partial charge is 0.372 e. The van der Waals surface area contributed by atoms with Crippen LogP contribution >= 0.6 is 0 Å². The first-order valence-electron chi connectivity index (χ1n) is 6.97. The summed E-state index contributed by atoms with van der Waals surface area (Å²) in [7, 11) is 0. The summed E-state index contributed by atoms with van der Waals surface area (Å²) < 4.78 is 5.79. The Bertz CT molecular complexity index is 325. The van der Waals surface area contributed by atoms with E-state index in [9.17, 15) is 0 Å². The van der Waals surface area contributed by atoms with E-state index < -0.39 is 0 Å². The molecule has 0 spiro atoms. The van der Waals surface area contributed by atoms with Crippen LogP contribution in [-0.4, -0.2) is 29.2 Å². The third-order valence-electron chi connectivity index (χ3n) is 3.48. The minimum absolute atomic E-state index is 0.0398. The first kappa shape index (κ1) is 13.4. The highest BCUT2D eigenvalue weighted by molar-refractivity contribution is 4.97. The molecule has 2 rings (SSSR count). The van der Waals surface area contributed by atoms with E-state index in [2.05, 4.69) is 15.3 Å². The van der Waals surface area contributed by atoms with Gasteiger partial charge in [-0.15, -0.1) is 0 Å². The summed E-state index contributed by atoms with van der Waals surface area (Å²) in [5, 5.41) is 3.56. The Kier molecular flexibility index (Phi) is 5.55. The smallest absolute Gasteiger partial charge is 0.0982 e. The monoisotopic (exact) mass is 249 g/mol. The van der Waals surface area contributed by atoms with Gasteiger partial charge in [-0.3, -0.25) is 9.97 Å². The molecule has 0 aliphatic carbocycles. The standard InChI is InChI=1S/C14H23N3O/c1-12(14-11-15-8-9-17-14)18-10-4-6-13-5-2-3-7-16-13/h8-9,11-13,16H,2-7,10H2,1H3/t12-,13-/m1/s1. The summed E-state index contributed by atoms with van der Waals surface area (Å²) >= 11 is 0. The number of rotatable bonds is 6. The summed E-state index contributed by atoms with van der Waals surface area (Å²) in [6.07, 6.45) is 11.6. The summed E-state index contributed by atoms with van der Waals surface area (Å²) in [5.74, 6) is 0. The molecule has 1 aliphatic rings. The van der Waals surface area contributed by atoms with Gasteiger partial charge in [0, 0.05) is 25.0 Å². The average Bonchev–Trinajstić information content (AvgIpc) is 2.45. The van der Waals surface area contributed by atoms with Gasteiger partial charge in [-0.2, -0.15) is 0 Å². The van der Waals surface area contributed by atoms with Crippen molar-refractivity contribution in [1.29, 1.82) is 0 Å². The minimum atomic E-state index is 0.0398. The molecule has 2 atom stereocenters. The van der Waals surface area contributed by atoms with Crippen molar-refractivity contribution >= 4 is 0 Å². The normalized spacial score (nSPS) is 21.7. The van der Waals surface area contributed by atoms with Crippen LogP contribution in [0.3, 0.4) is 0 Å². The van der Waals surface area contributed by atoms with Crippen molar-refractivity contribution in [3.8, 4) is 0 Å². The van der Waals surface area contributed by atoms with E-state index in [1.54, 1.807) is 18.6 Å². The lowest BCUT2D eigenvalue weighted by atomic mass is 10.0. The maximum Gasteiger partial charge on any atom is 0.0982 e. The summed E-state index contributed by atoms with van der Waals surface area (Å²) in [6, 6.07) is 0.703. The fraction of sp³-hybridized carbons (Fsp3) is 0.714. The molecule has 2 heterocycles. The Morgan fingerprint density at radius 3 is 3.11 bits per heavy atom. The average molecular weight is 249 g/mol. The molecular weight excluding hydrogens is 226 g/mol. The Balaban J connectivity index is 1.60. The predicted molar refractivity (Wildman–Crippen MR) is 71.3 cm³/mol. The van der Waals surface area contributed by atoms with E-state index >= 15 is 0 Å². The van der Waals surface area contributed by atoms with E-state index in [-0.39, 0.29) is 6.10 Å². The van der Waals surface area contributed by atoms with Crippen LogP contribution in [0, 0.1) is 0 Å². The second kappa shape index (κ2) is 7.44. The van der Waals surface area contributed by atoms with E-state index in [1.165, 1.54) is 32.2 Å². The van der Waals surface area contributed by atoms with Crippen molar-refractivity contribution in [3.63, 3.8) is 0 Å². The van der Waals surface area contributed by atoms with Crippen molar-refractivity contribution < 1.29 is 4.74 Å². The molecule has 0 bridgehead atoms. The van der Waals surface area contributed by atoms with Gasteiger partial charge in [-0.05, 0) is 39.2 Å². The second-order valence-corrected chi connectivity index (χ2v) is 4.93. The third-order valence-corrected chi connectivity index (χ3v) is 3.48. The fourth-order valence-electron chi connectivity index (χ4n) is 2.37. The van der Waals surface area contributed by atoms with Crippen LogP contribution in [0.1, 0.15) is 50.8 Å². The molecule has 4 nitrogen and oxygen atoms in total. The third kappa shape index (κ3) is 4.35. The van der Waals surface area contributed by atoms with Crippen molar-refractivity contribution in [1.82, 2.24) is 15.3 Å². The SMILES string of the molecule is C[C@@H](OCCC[C@H]1CCCCN1)c1cnccn1. The number of aromatic nitrogens is 2. The molecule has 0 saturated carbocycles. The van der Waals surface area contributed by atoms with Crippen LogP contribution in [0.25, 0.3) is 0 Å². The number of nitrogens with one attached hydrogen (secondary N) is 1. The van der Waals surface area contributed by atoms with Gasteiger partial charge in [-0.1, -0.05) is 6.42 Å². The highest BCUT2D eigenvalue weighted by Crippen LogP contribution is 2.15. The van der Waals surface area contributed by atoms with Crippen molar-refractivity contribution in [3.05, 3.63) is 24.3 Å². The van der Waals surface area contributed by atoms with Crippen molar-refractivity contribution in [2.75, 3.05) is 13.2 Å². The molecule has 1 saturated heterocycles. The van der Waals surface area contributed by atoms with Gasteiger partial charge in [0.15, 0.2) is 0 Å². The molecule has 100 valence electrons. The Morgan fingerprint density at radius 1 is 1.44 bits per heavy atom. The molecule has 0 amide bonds. The zero-order valence-corrected chi connectivity index (χ0v) is 11.1. The topological polar surface area (TPSA) is 47.0 Å². The molecule has 0 aromatic carbocycles. The molecule has 1 aliphatic heterocycles. The van der Waals surface area contributed by atoms with Crippen molar-refractivity contribution in [2.45, 2.75) is 51.2 Å². The van der Waals surface area contributed by atoms with Gasteiger partial charge in [0.25, 0.3) is 0 Å². The van der Waals surface area contributed by atoms with Crippen LogP contribution in [0.5, 0.6) is 0 Å². The van der Waals surface area contributed by atoms with Crippen LogP contribution in [0.2, 0.25) is 0 Å². The number of hydrogen-bond donors (Lipinski definition) is 1. The van der Waals surface area contributed by atoms with Gasteiger partial charge in [-0.25, -0.2) is 0 Å². The molecule has 0 unspecified atom stereocenters. The van der Waals surface area contributed by atoms with Gasteiger partial charge in [0.1, 0.15) is 0 Å². The number of hydrogen-bond acceptors (Lipinski definition) is 4. The first-order chi connectivity index (χ1) is 8.86. The highest BCUT2D eigenvalue weighted by Gasteiger charge is 2.12. The van der Waals surface area contributed by atoms with E-state index in [0.717, 1.165) is 18.7 Å². The van der Waals surface area contributed by atoms with Crippen LogP contribution in [0.15, 0.2) is 18.6 Å².